The van der Waals surface area contributed by atoms with Crippen LogP contribution in [0.2, 0.25) is 0 Å². The molecule has 28 heavy (non-hydrogen) atoms. The highest BCUT2D eigenvalue weighted by atomic mass is 16.2. The molecule has 7 heteroatoms. The van der Waals surface area contributed by atoms with E-state index >= 15 is 0 Å². The lowest BCUT2D eigenvalue weighted by atomic mass is 10.1. The predicted molar refractivity (Wildman–Crippen MR) is 107 cm³/mol. The van der Waals surface area contributed by atoms with Gasteiger partial charge >= 0.3 is 0 Å². The Morgan fingerprint density at radius 3 is 2.93 bits per heavy atom. The Labute approximate surface area is 164 Å². The van der Waals surface area contributed by atoms with Crippen LogP contribution in [-0.4, -0.2) is 51.4 Å². The lowest BCUT2D eigenvalue weighted by molar-refractivity contribution is -0.118. The second-order valence-corrected chi connectivity index (χ2v) is 7.42. The van der Waals surface area contributed by atoms with Gasteiger partial charge in [0.25, 0.3) is 0 Å². The van der Waals surface area contributed by atoms with E-state index in [0.717, 1.165) is 55.3 Å². The number of carbonyl (C=O) groups excluding carboxylic acids is 1. The molecular formula is C21H24N6O. The fourth-order valence-corrected chi connectivity index (χ4v) is 4.37. The van der Waals surface area contributed by atoms with Gasteiger partial charge in [-0.05, 0) is 43.7 Å². The van der Waals surface area contributed by atoms with Crippen molar-refractivity contribution in [2.24, 2.45) is 0 Å². The molecule has 0 bridgehead atoms. The van der Waals surface area contributed by atoms with E-state index < -0.39 is 0 Å². The van der Waals surface area contributed by atoms with Gasteiger partial charge in [0.05, 0.1) is 24.0 Å². The van der Waals surface area contributed by atoms with Gasteiger partial charge in [-0.1, -0.05) is 12.1 Å². The Bertz CT molecular complexity index is 985. The maximum absolute atomic E-state index is 12.6. The Kier molecular flexibility index (Phi) is 4.54. The third-order valence-corrected chi connectivity index (χ3v) is 5.67. The van der Waals surface area contributed by atoms with E-state index in [1.807, 2.05) is 46.0 Å². The first-order valence-electron chi connectivity index (χ1n) is 9.93. The molecule has 2 aliphatic rings. The molecule has 5 heterocycles. The summed E-state index contributed by atoms with van der Waals surface area (Å²) in [7, 11) is 0. The summed E-state index contributed by atoms with van der Waals surface area (Å²) in [5.41, 5.74) is 2.96. The van der Waals surface area contributed by atoms with Crippen molar-refractivity contribution in [2.75, 3.05) is 31.1 Å². The first kappa shape index (κ1) is 17.3. The molecule has 3 aromatic heterocycles. The number of piperazine rings is 1. The fourth-order valence-electron chi connectivity index (χ4n) is 4.37. The van der Waals surface area contributed by atoms with Gasteiger partial charge in [0.2, 0.25) is 5.91 Å². The average Bonchev–Trinajstić information content (AvgIpc) is 3.34. The predicted octanol–water partition coefficient (Wildman–Crippen LogP) is 2.00. The van der Waals surface area contributed by atoms with Gasteiger partial charge in [-0.15, -0.1) is 0 Å². The van der Waals surface area contributed by atoms with Gasteiger partial charge in [0.15, 0.2) is 0 Å². The number of nitrogens with zero attached hydrogens (tertiary/aromatic N) is 5. The van der Waals surface area contributed by atoms with Gasteiger partial charge < -0.3 is 5.32 Å². The number of rotatable bonds is 4. The van der Waals surface area contributed by atoms with E-state index in [2.05, 4.69) is 27.3 Å². The SMILES string of the molecule is O=C1CNCCN1c1c(CN2CCCC2c2ccccn2)nc2ccccn12. The normalized spacial score (nSPS) is 20.9. The Morgan fingerprint density at radius 1 is 1.14 bits per heavy atom. The van der Waals surface area contributed by atoms with Gasteiger partial charge in [-0.25, -0.2) is 4.98 Å². The van der Waals surface area contributed by atoms with Crippen LogP contribution >= 0.6 is 0 Å². The molecule has 1 amide bonds. The molecule has 0 spiro atoms. The van der Waals surface area contributed by atoms with Gasteiger partial charge in [-0.3, -0.25) is 24.0 Å². The maximum Gasteiger partial charge on any atom is 0.242 e. The molecular weight excluding hydrogens is 352 g/mol. The number of anilines is 1. The summed E-state index contributed by atoms with van der Waals surface area (Å²) >= 11 is 0. The highest BCUT2D eigenvalue weighted by molar-refractivity contribution is 5.95. The highest BCUT2D eigenvalue weighted by Crippen LogP contribution is 2.34. The zero-order valence-electron chi connectivity index (χ0n) is 15.8. The number of pyridine rings is 2. The molecule has 2 aliphatic heterocycles. The third-order valence-electron chi connectivity index (χ3n) is 5.67. The lowest BCUT2D eigenvalue weighted by Gasteiger charge is -2.29. The van der Waals surface area contributed by atoms with Gasteiger partial charge in [0, 0.05) is 32.0 Å². The third kappa shape index (κ3) is 3.06. The fraction of sp³-hybridized carbons (Fsp3) is 0.381. The lowest BCUT2D eigenvalue weighted by Crippen LogP contribution is -2.49. The zero-order valence-corrected chi connectivity index (χ0v) is 15.8. The van der Waals surface area contributed by atoms with Crippen LogP contribution in [0, 0.1) is 0 Å². The second kappa shape index (κ2) is 7.33. The van der Waals surface area contributed by atoms with Crippen molar-refractivity contribution in [3.63, 3.8) is 0 Å². The molecule has 5 rings (SSSR count). The van der Waals surface area contributed by atoms with Crippen molar-refractivity contribution in [3.8, 4) is 0 Å². The number of nitrogens with one attached hydrogen (secondary N) is 1. The number of aromatic nitrogens is 3. The Balaban J connectivity index is 1.52. The van der Waals surface area contributed by atoms with Crippen LogP contribution in [-0.2, 0) is 11.3 Å². The summed E-state index contributed by atoms with van der Waals surface area (Å²) in [6.07, 6.45) is 6.11. The van der Waals surface area contributed by atoms with E-state index in [-0.39, 0.29) is 5.91 Å². The summed E-state index contributed by atoms with van der Waals surface area (Å²) in [6, 6.07) is 12.4. The van der Waals surface area contributed by atoms with E-state index in [1.54, 1.807) is 0 Å². The van der Waals surface area contributed by atoms with Crippen LogP contribution in [0.5, 0.6) is 0 Å². The maximum atomic E-state index is 12.6. The van der Waals surface area contributed by atoms with Crippen molar-refractivity contribution in [1.82, 2.24) is 24.6 Å². The number of imidazole rings is 1. The van der Waals surface area contributed by atoms with Crippen LogP contribution in [0.4, 0.5) is 5.82 Å². The van der Waals surface area contributed by atoms with Crippen LogP contribution in [0.3, 0.4) is 0 Å². The number of fused-ring (bicyclic) bond motifs is 1. The van der Waals surface area contributed by atoms with E-state index in [4.69, 9.17) is 4.98 Å². The molecule has 0 aliphatic carbocycles. The zero-order chi connectivity index (χ0) is 18.9. The van der Waals surface area contributed by atoms with Crippen LogP contribution in [0.1, 0.15) is 30.3 Å². The minimum Gasteiger partial charge on any atom is -0.307 e. The molecule has 0 aromatic carbocycles. The van der Waals surface area contributed by atoms with Crippen molar-refractivity contribution >= 4 is 17.4 Å². The molecule has 1 N–H and O–H groups in total. The summed E-state index contributed by atoms with van der Waals surface area (Å²) in [4.78, 5) is 26.4. The smallest absolute Gasteiger partial charge is 0.242 e. The number of likely N-dealkylation sites (tertiary alicyclic amines) is 1. The summed E-state index contributed by atoms with van der Waals surface area (Å²) < 4.78 is 2.05. The number of amides is 1. The average molecular weight is 376 g/mol. The quantitative estimate of drug-likeness (QED) is 0.755. The molecule has 2 fully saturated rings. The largest absolute Gasteiger partial charge is 0.307 e. The highest BCUT2D eigenvalue weighted by Gasteiger charge is 2.31. The topological polar surface area (TPSA) is 65.8 Å². The minimum absolute atomic E-state index is 0.0980. The summed E-state index contributed by atoms with van der Waals surface area (Å²) in [6.45, 7) is 3.57. The summed E-state index contributed by atoms with van der Waals surface area (Å²) in [5.74, 6) is 1.01. The standard InChI is InChI=1S/C21H24N6O/c28-20-14-22-10-13-27(20)21-17(24-19-8-2-4-12-26(19)21)15-25-11-5-7-18(25)16-6-1-3-9-23-16/h1-4,6,8-9,12,18,22H,5,7,10-11,13-15H2. The van der Waals surface area contributed by atoms with E-state index in [0.29, 0.717) is 19.1 Å². The van der Waals surface area contributed by atoms with Gasteiger partial charge in [0.1, 0.15) is 11.5 Å². The molecule has 1 atom stereocenters. The van der Waals surface area contributed by atoms with Gasteiger partial charge in [-0.2, -0.15) is 0 Å². The van der Waals surface area contributed by atoms with Crippen LogP contribution in [0.15, 0.2) is 48.8 Å². The number of carbonyl (C=O) groups is 1. The summed E-state index contributed by atoms with van der Waals surface area (Å²) in [5, 5.41) is 3.16. The van der Waals surface area contributed by atoms with Crippen molar-refractivity contribution in [3.05, 3.63) is 60.2 Å². The van der Waals surface area contributed by atoms with Crippen molar-refractivity contribution in [2.45, 2.75) is 25.4 Å². The first-order valence-corrected chi connectivity index (χ1v) is 9.93. The monoisotopic (exact) mass is 376 g/mol. The second-order valence-electron chi connectivity index (χ2n) is 7.42. The van der Waals surface area contributed by atoms with Crippen molar-refractivity contribution in [1.29, 1.82) is 0 Å². The first-order chi connectivity index (χ1) is 13.8. The molecule has 3 aromatic rings. The van der Waals surface area contributed by atoms with E-state index in [1.165, 1.54) is 0 Å². The molecule has 0 radical (unpaired) electrons. The molecule has 2 saturated heterocycles. The molecule has 144 valence electrons. The number of hydrogen-bond acceptors (Lipinski definition) is 5. The Hall–Kier alpha value is -2.77. The number of hydrogen-bond donors (Lipinski definition) is 1. The molecule has 1 unspecified atom stereocenters. The van der Waals surface area contributed by atoms with Crippen LogP contribution < -0.4 is 10.2 Å². The molecule has 0 saturated carbocycles. The minimum atomic E-state index is 0.0980. The van der Waals surface area contributed by atoms with Crippen LogP contribution in [0.25, 0.3) is 5.65 Å². The molecule has 7 nitrogen and oxygen atoms in total. The van der Waals surface area contributed by atoms with E-state index in [9.17, 15) is 4.79 Å². The Morgan fingerprint density at radius 2 is 2.07 bits per heavy atom. The van der Waals surface area contributed by atoms with Crippen molar-refractivity contribution < 1.29 is 4.79 Å².